The summed E-state index contributed by atoms with van der Waals surface area (Å²) in [6.45, 7) is 12.3. The molecule has 2 aliphatic rings. The maximum Gasteiger partial charge on any atom is 0.343 e. The van der Waals surface area contributed by atoms with Crippen molar-refractivity contribution in [3.05, 3.63) is 56.4 Å². The van der Waals surface area contributed by atoms with Gasteiger partial charge in [-0.25, -0.2) is 9.78 Å². The fourth-order valence-corrected chi connectivity index (χ4v) is 6.04. The highest BCUT2D eigenvalue weighted by molar-refractivity contribution is 5.91. The molecule has 1 N–H and O–H groups in total. The van der Waals surface area contributed by atoms with Crippen LogP contribution in [0.3, 0.4) is 0 Å². The van der Waals surface area contributed by atoms with Gasteiger partial charge >= 0.3 is 5.97 Å². The van der Waals surface area contributed by atoms with Gasteiger partial charge in [-0.1, -0.05) is 20.8 Å². The number of benzene rings is 1. The second-order valence-electron chi connectivity index (χ2n) is 11.0. The lowest BCUT2D eigenvalue weighted by molar-refractivity contribution is -0.174. The molecule has 0 radical (unpaired) electrons. The number of aliphatic hydroxyl groups is 1. The molecule has 3 atom stereocenters. The van der Waals surface area contributed by atoms with Crippen molar-refractivity contribution in [3.8, 4) is 17.1 Å². The fourth-order valence-electron chi connectivity index (χ4n) is 6.04. The summed E-state index contributed by atoms with van der Waals surface area (Å²) in [6.07, 6.45) is 0.114. The Morgan fingerprint density at radius 2 is 2.03 bits per heavy atom. The third-order valence-corrected chi connectivity index (χ3v) is 8.19. The second kappa shape index (κ2) is 9.20. The maximum atomic E-state index is 13.9. The predicted molar refractivity (Wildman–Crippen MR) is 146 cm³/mol. The lowest BCUT2D eigenvalue weighted by Crippen LogP contribution is -2.45. The molecule has 8 nitrogen and oxygen atoms in total. The molecule has 2 aromatic heterocycles. The molecule has 2 aliphatic heterocycles. The first-order chi connectivity index (χ1) is 18.3. The number of nitrogens with zero attached hydrogens (tertiary/aromatic N) is 3. The number of rotatable bonds is 6. The Kier molecular flexibility index (Phi) is 6.07. The number of esters is 1. The van der Waals surface area contributed by atoms with Gasteiger partial charge in [0.1, 0.15) is 12.4 Å². The Bertz CT molecular complexity index is 1580. The number of hydrogen-bond acceptors (Lipinski definition) is 7. The highest BCUT2D eigenvalue weighted by atomic mass is 16.6. The van der Waals surface area contributed by atoms with E-state index in [1.54, 1.807) is 20.1 Å². The lowest BCUT2D eigenvalue weighted by Gasteiger charge is -2.34. The van der Waals surface area contributed by atoms with Crippen molar-refractivity contribution in [1.29, 1.82) is 0 Å². The number of carbonyl (C=O) groups excluding carboxylic acids is 1. The lowest BCUT2D eigenvalue weighted by atomic mass is 9.82. The standard InChI is InChI=1S/C30H37N3O5/c1-9-32(7)18(6)25-20-11-19-17(5)33-24(26(19)31-23(20)10-16(4)27(25)37-8)12-22-21(28(33)34)14-38-29(35)30(22,36)13-15(2)3/h10-12,15,17-18,36H,9,13-14H2,1-8H3/t17?,18?,30-/m0/s1/i17D. The third kappa shape index (κ3) is 3.68. The molecule has 0 amide bonds. The zero-order valence-electron chi connectivity index (χ0n) is 24.4. The third-order valence-electron chi connectivity index (χ3n) is 8.19. The average molecular weight is 521 g/mol. The van der Waals surface area contributed by atoms with E-state index >= 15 is 0 Å². The van der Waals surface area contributed by atoms with Crippen molar-refractivity contribution < 1.29 is 20.7 Å². The Hall–Kier alpha value is -3.23. The molecular formula is C30H37N3O5. The molecule has 0 saturated heterocycles. The molecule has 2 unspecified atom stereocenters. The smallest absolute Gasteiger partial charge is 0.343 e. The SMILES string of the molecule is [2H]C1(C)c2cc3c(C(C)N(C)CC)c(OC)c(C)cc3nc2-c2cc3c(c(=O)n21)COC(=O)[C@]3(O)CC(C)C. The minimum absolute atomic E-state index is 0.0113. The van der Waals surface area contributed by atoms with E-state index in [0.717, 1.165) is 34.3 Å². The number of aromatic nitrogens is 2. The van der Waals surface area contributed by atoms with Gasteiger partial charge in [0.25, 0.3) is 5.56 Å². The van der Waals surface area contributed by atoms with Crippen LogP contribution in [0.4, 0.5) is 0 Å². The first-order valence-corrected chi connectivity index (χ1v) is 13.2. The minimum Gasteiger partial charge on any atom is -0.496 e. The van der Waals surface area contributed by atoms with Crippen LogP contribution in [0.5, 0.6) is 5.75 Å². The first-order valence-electron chi connectivity index (χ1n) is 13.7. The summed E-state index contributed by atoms with van der Waals surface area (Å²) in [7, 11) is 3.71. The van der Waals surface area contributed by atoms with Gasteiger partial charge in [0, 0.05) is 28.1 Å². The molecule has 4 heterocycles. The summed E-state index contributed by atoms with van der Waals surface area (Å²) >= 11 is 0. The van der Waals surface area contributed by atoms with Gasteiger partial charge in [0.15, 0.2) is 5.60 Å². The Balaban J connectivity index is 1.84. The summed E-state index contributed by atoms with van der Waals surface area (Å²) in [5.74, 6) is -0.00557. The number of cyclic esters (lactones) is 1. The van der Waals surface area contributed by atoms with Gasteiger partial charge in [-0.05, 0) is 70.5 Å². The topological polar surface area (TPSA) is 93.9 Å². The summed E-state index contributed by atoms with van der Waals surface area (Å²) in [4.78, 5) is 33.9. The van der Waals surface area contributed by atoms with Crippen LogP contribution in [0.25, 0.3) is 22.3 Å². The van der Waals surface area contributed by atoms with Crippen LogP contribution in [-0.4, -0.2) is 46.2 Å². The van der Waals surface area contributed by atoms with E-state index in [1.807, 2.05) is 32.9 Å². The maximum absolute atomic E-state index is 13.9. The van der Waals surface area contributed by atoms with Crippen molar-refractivity contribution in [1.82, 2.24) is 14.5 Å². The first kappa shape index (κ1) is 25.1. The molecule has 5 rings (SSSR count). The van der Waals surface area contributed by atoms with Crippen LogP contribution in [0.15, 0.2) is 23.0 Å². The minimum atomic E-state index is -1.94. The second-order valence-corrected chi connectivity index (χ2v) is 11.0. The Morgan fingerprint density at radius 3 is 2.66 bits per heavy atom. The number of fused-ring (bicyclic) bond motifs is 5. The van der Waals surface area contributed by atoms with Gasteiger partial charge < -0.3 is 14.6 Å². The largest absolute Gasteiger partial charge is 0.496 e. The number of carbonyl (C=O) groups is 1. The molecule has 3 aromatic rings. The van der Waals surface area contributed by atoms with Crippen LogP contribution in [0.2, 0.25) is 0 Å². The number of aryl methyl sites for hydroxylation is 1. The van der Waals surface area contributed by atoms with E-state index in [9.17, 15) is 16.1 Å². The molecule has 1 aromatic carbocycles. The Morgan fingerprint density at radius 1 is 1.32 bits per heavy atom. The summed E-state index contributed by atoms with van der Waals surface area (Å²) < 4.78 is 21.9. The van der Waals surface area contributed by atoms with E-state index < -0.39 is 23.1 Å². The molecule has 202 valence electrons. The quantitative estimate of drug-likeness (QED) is 0.475. The van der Waals surface area contributed by atoms with E-state index in [4.69, 9.17) is 14.5 Å². The van der Waals surface area contributed by atoms with Crippen molar-refractivity contribution in [2.75, 3.05) is 20.7 Å². The van der Waals surface area contributed by atoms with Gasteiger partial charge in [-0.3, -0.25) is 14.3 Å². The number of methoxy groups -OCH3 is 1. The summed E-state index contributed by atoms with van der Waals surface area (Å²) in [6, 6.07) is 4.13. The predicted octanol–water partition coefficient (Wildman–Crippen LogP) is 4.61. The Labute approximate surface area is 224 Å². The van der Waals surface area contributed by atoms with E-state index in [-0.39, 0.29) is 36.1 Å². The van der Waals surface area contributed by atoms with Crippen molar-refractivity contribution in [3.63, 3.8) is 0 Å². The van der Waals surface area contributed by atoms with E-state index in [1.165, 1.54) is 4.57 Å². The fraction of sp³-hybridized carbons (Fsp3) is 0.500. The van der Waals surface area contributed by atoms with Crippen LogP contribution in [0, 0.1) is 12.8 Å². The van der Waals surface area contributed by atoms with Crippen molar-refractivity contribution in [2.24, 2.45) is 5.92 Å². The zero-order chi connectivity index (χ0) is 28.6. The molecular weight excluding hydrogens is 482 g/mol. The molecule has 0 fully saturated rings. The molecule has 0 aliphatic carbocycles. The van der Waals surface area contributed by atoms with Gasteiger partial charge in [-0.15, -0.1) is 0 Å². The molecule has 38 heavy (non-hydrogen) atoms. The normalized spacial score (nSPS) is 23.2. The molecule has 8 heteroatoms. The number of ether oxygens (including phenoxy) is 2. The number of pyridine rings is 2. The summed E-state index contributed by atoms with van der Waals surface area (Å²) in [5.41, 5.74) is 2.20. The summed E-state index contributed by atoms with van der Waals surface area (Å²) in [5, 5.41) is 12.4. The van der Waals surface area contributed by atoms with Crippen LogP contribution >= 0.6 is 0 Å². The van der Waals surface area contributed by atoms with E-state index in [2.05, 4.69) is 25.8 Å². The average Bonchev–Trinajstić information content (AvgIpc) is 3.09. The van der Waals surface area contributed by atoms with Crippen LogP contribution in [-0.2, 0) is 21.7 Å². The van der Waals surface area contributed by atoms with Crippen LogP contribution in [0.1, 0.15) is 82.3 Å². The molecule has 0 spiro atoms. The van der Waals surface area contributed by atoms with Gasteiger partial charge in [0.05, 0.1) is 37.0 Å². The monoisotopic (exact) mass is 520 g/mol. The molecule has 0 saturated carbocycles. The zero-order valence-corrected chi connectivity index (χ0v) is 23.4. The van der Waals surface area contributed by atoms with E-state index in [0.29, 0.717) is 17.0 Å². The van der Waals surface area contributed by atoms with Crippen LogP contribution < -0.4 is 10.3 Å². The molecule has 0 bridgehead atoms. The van der Waals surface area contributed by atoms with Gasteiger partial charge in [-0.2, -0.15) is 0 Å². The highest BCUT2D eigenvalue weighted by Crippen LogP contribution is 2.45. The van der Waals surface area contributed by atoms with Gasteiger partial charge in [0.2, 0.25) is 0 Å². The van der Waals surface area contributed by atoms with Crippen molar-refractivity contribution in [2.45, 2.75) is 72.2 Å². The highest BCUT2D eigenvalue weighted by Gasteiger charge is 2.47. The van der Waals surface area contributed by atoms with Crippen molar-refractivity contribution >= 4 is 16.9 Å². The number of hydrogen-bond donors (Lipinski definition) is 1.